The highest BCUT2D eigenvalue weighted by atomic mass is 16.2. The Bertz CT molecular complexity index is 595. The Kier molecular flexibility index (Phi) is 8.41. The molecule has 2 aliphatic rings. The molecule has 158 valence electrons. The lowest BCUT2D eigenvalue weighted by Crippen LogP contribution is -2.55. The van der Waals surface area contributed by atoms with Crippen LogP contribution < -0.4 is 16.8 Å². The van der Waals surface area contributed by atoms with Crippen LogP contribution in [-0.4, -0.2) is 53.1 Å². The zero-order valence-corrected chi connectivity index (χ0v) is 16.8. The quantitative estimate of drug-likeness (QED) is 0.590. The fourth-order valence-electron chi connectivity index (χ4n) is 4.18. The lowest BCUT2D eigenvalue weighted by Gasteiger charge is -2.28. The van der Waals surface area contributed by atoms with Crippen LogP contribution in [-0.2, 0) is 19.2 Å². The average molecular weight is 395 g/mol. The highest BCUT2D eigenvalue weighted by molar-refractivity contribution is 6.37. The van der Waals surface area contributed by atoms with Crippen LogP contribution in [0.3, 0.4) is 0 Å². The van der Waals surface area contributed by atoms with Gasteiger partial charge in [0, 0.05) is 6.54 Å². The number of hydrogen-bond donors (Lipinski definition) is 3. The molecule has 0 bridgehead atoms. The molecule has 0 saturated carbocycles. The third-order valence-electron chi connectivity index (χ3n) is 5.80. The summed E-state index contributed by atoms with van der Waals surface area (Å²) in [7, 11) is 0. The van der Waals surface area contributed by atoms with E-state index in [0.29, 0.717) is 25.8 Å². The second kappa shape index (κ2) is 10.5. The van der Waals surface area contributed by atoms with Gasteiger partial charge < -0.3 is 21.7 Å². The molecule has 4 atom stereocenters. The normalized spacial score (nSPS) is 31.1. The molecule has 8 heteroatoms. The zero-order chi connectivity index (χ0) is 20.7. The first-order valence-corrected chi connectivity index (χ1v) is 10.5. The Balaban J connectivity index is 2.17. The molecular formula is C20H34N4O4. The minimum Gasteiger partial charge on any atom is -0.363 e. The van der Waals surface area contributed by atoms with E-state index in [1.807, 2.05) is 6.92 Å². The van der Waals surface area contributed by atoms with Gasteiger partial charge in [-0.05, 0) is 25.2 Å². The van der Waals surface area contributed by atoms with Crippen molar-refractivity contribution in [3.63, 3.8) is 0 Å². The molecule has 0 unspecified atom stereocenters. The Morgan fingerprint density at radius 2 is 1.57 bits per heavy atom. The Hall–Kier alpha value is -1.96. The maximum Gasteiger partial charge on any atom is 0.287 e. The number of ketones is 1. The van der Waals surface area contributed by atoms with Gasteiger partial charge in [-0.15, -0.1) is 0 Å². The fourth-order valence-corrected chi connectivity index (χ4v) is 4.18. The van der Waals surface area contributed by atoms with Crippen LogP contribution in [0.15, 0.2) is 0 Å². The molecule has 28 heavy (non-hydrogen) atoms. The number of rotatable bonds is 2. The molecule has 0 aliphatic carbocycles. The van der Waals surface area contributed by atoms with Crippen molar-refractivity contribution in [2.45, 2.75) is 89.3 Å². The number of amides is 3. The van der Waals surface area contributed by atoms with Crippen molar-refractivity contribution in [1.82, 2.24) is 10.2 Å². The number of Topliss-reactive ketones (excluding diaryl/α,β-unsaturated/α-hetero) is 1. The lowest BCUT2D eigenvalue weighted by molar-refractivity contribution is -0.142. The van der Waals surface area contributed by atoms with Crippen molar-refractivity contribution < 1.29 is 19.2 Å². The molecule has 0 aromatic rings. The van der Waals surface area contributed by atoms with Crippen molar-refractivity contribution in [2.75, 3.05) is 6.54 Å². The standard InChI is InChI=1S/C20H34N4O4/c1-13-11-16-19(27)23-15(17(25)18(22)26)10-8-6-4-2-3-5-7-9-14(21)20(28)24(16)12-13/h13-16H,2-12,21H2,1H3,(H2,22,26)(H,23,27)/t13-,14+,15+,16+/m1/s1. The van der Waals surface area contributed by atoms with Crippen molar-refractivity contribution in [2.24, 2.45) is 17.4 Å². The molecular weight excluding hydrogens is 360 g/mol. The number of hydrogen-bond acceptors (Lipinski definition) is 5. The summed E-state index contributed by atoms with van der Waals surface area (Å²) in [6.07, 6.45) is 8.31. The maximum atomic E-state index is 12.9. The highest BCUT2D eigenvalue weighted by Crippen LogP contribution is 2.25. The molecule has 0 radical (unpaired) electrons. The van der Waals surface area contributed by atoms with E-state index in [-0.39, 0.29) is 11.8 Å². The summed E-state index contributed by atoms with van der Waals surface area (Å²) >= 11 is 0. The summed E-state index contributed by atoms with van der Waals surface area (Å²) in [6.45, 7) is 2.45. The van der Waals surface area contributed by atoms with Gasteiger partial charge in [-0.3, -0.25) is 19.2 Å². The van der Waals surface area contributed by atoms with E-state index in [4.69, 9.17) is 11.5 Å². The predicted molar refractivity (Wildman–Crippen MR) is 105 cm³/mol. The fraction of sp³-hybridized carbons (Fsp3) is 0.800. The van der Waals surface area contributed by atoms with Crippen molar-refractivity contribution >= 4 is 23.5 Å². The second-order valence-electron chi connectivity index (χ2n) is 8.30. The number of fused-ring (bicyclic) bond motifs is 1. The molecule has 2 fully saturated rings. The van der Waals surface area contributed by atoms with E-state index in [1.165, 1.54) is 0 Å². The van der Waals surface area contributed by atoms with E-state index < -0.39 is 35.7 Å². The van der Waals surface area contributed by atoms with Gasteiger partial charge in [0.2, 0.25) is 17.6 Å². The molecule has 3 amide bonds. The number of carbonyl (C=O) groups excluding carboxylic acids is 4. The third kappa shape index (κ3) is 6.02. The van der Waals surface area contributed by atoms with E-state index in [1.54, 1.807) is 4.90 Å². The predicted octanol–water partition coefficient (Wildman–Crippen LogP) is 0.614. The van der Waals surface area contributed by atoms with Crippen LogP contribution in [0.25, 0.3) is 0 Å². The summed E-state index contributed by atoms with van der Waals surface area (Å²) in [6, 6.07) is -2.21. The molecule has 5 N–H and O–H groups in total. The number of nitrogens with zero attached hydrogens (tertiary/aromatic N) is 1. The Labute approximate surface area is 166 Å². The van der Waals surface area contributed by atoms with Gasteiger partial charge in [0.05, 0.1) is 12.1 Å². The Morgan fingerprint density at radius 1 is 1.00 bits per heavy atom. The first kappa shape index (κ1) is 22.3. The minimum absolute atomic E-state index is 0.166. The second-order valence-corrected chi connectivity index (χ2v) is 8.30. The Morgan fingerprint density at radius 3 is 2.18 bits per heavy atom. The van der Waals surface area contributed by atoms with Gasteiger partial charge in [0.1, 0.15) is 6.04 Å². The van der Waals surface area contributed by atoms with E-state index in [2.05, 4.69) is 5.32 Å². The van der Waals surface area contributed by atoms with Gasteiger partial charge in [-0.1, -0.05) is 51.9 Å². The van der Waals surface area contributed by atoms with Crippen molar-refractivity contribution in [1.29, 1.82) is 0 Å². The summed E-state index contributed by atoms with van der Waals surface area (Å²) in [5.74, 6) is -2.28. The summed E-state index contributed by atoms with van der Waals surface area (Å²) < 4.78 is 0. The van der Waals surface area contributed by atoms with Gasteiger partial charge in [0.15, 0.2) is 0 Å². The van der Waals surface area contributed by atoms with Gasteiger partial charge in [0.25, 0.3) is 5.91 Å². The van der Waals surface area contributed by atoms with Gasteiger partial charge in [-0.25, -0.2) is 0 Å². The van der Waals surface area contributed by atoms with E-state index in [9.17, 15) is 19.2 Å². The van der Waals surface area contributed by atoms with Crippen LogP contribution >= 0.6 is 0 Å². The van der Waals surface area contributed by atoms with Crippen LogP contribution in [0.4, 0.5) is 0 Å². The largest absolute Gasteiger partial charge is 0.363 e. The van der Waals surface area contributed by atoms with Crippen molar-refractivity contribution in [3.05, 3.63) is 0 Å². The van der Waals surface area contributed by atoms with E-state index in [0.717, 1.165) is 44.9 Å². The van der Waals surface area contributed by atoms with E-state index >= 15 is 0 Å². The number of nitrogens with two attached hydrogens (primary N) is 2. The summed E-state index contributed by atoms with van der Waals surface area (Å²) in [4.78, 5) is 50.8. The third-order valence-corrected chi connectivity index (χ3v) is 5.80. The average Bonchev–Trinajstić information content (AvgIpc) is 3.05. The summed E-state index contributed by atoms with van der Waals surface area (Å²) in [5, 5.41) is 2.68. The number of carbonyl (C=O) groups is 4. The molecule has 0 aromatic carbocycles. The van der Waals surface area contributed by atoms with Crippen LogP contribution in [0.1, 0.15) is 71.1 Å². The number of primary amides is 1. The smallest absolute Gasteiger partial charge is 0.287 e. The first-order chi connectivity index (χ1) is 13.3. The first-order valence-electron chi connectivity index (χ1n) is 10.5. The monoisotopic (exact) mass is 394 g/mol. The van der Waals surface area contributed by atoms with Gasteiger partial charge in [-0.2, -0.15) is 0 Å². The topological polar surface area (TPSA) is 136 Å². The molecule has 2 rings (SSSR count). The minimum atomic E-state index is -1.05. The molecule has 0 aromatic heterocycles. The molecule has 8 nitrogen and oxygen atoms in total. The lowest BCUT2D eigenvalue weighted by atomic mass is 10.00. The van der Waals surface area contributed by atoms with Crippen molar-refractivity contribution in [3.8, 4) is 0 Å². The van der Waals surface area contributed by atoms with Crippen LogP contribution in [0.5, 0.6) is 0 Å². The molecule has 2 saturated heterocycles. The number of nitrogens with one attached hydrogen (secondary N) is 1. The summed E-state index contributed by atoms with van der Waals surface area (Å²) in [5.41, 5.74) is 11.3. The molecule has 2 aliphatic heterocycles. The maximum absolute atomic E-state index is 12.9. The highest BCUT2D eigenvalue weighted by Gasteiger charge is 2.40. The van der Waals surface area contributed by atoms with Gasteiger partial charge >= 0.3 is 0 Å². The SMILES string of the molecule is C[C@@H]1C[C@H]2C(=O)N[C@H](C(=O)C(N)=O)CCCCCCCCC[C@H](N)C(=O)N2C1. The molecule has 2 heterocycles. The molecule has 0 spiro atoms. The zero-order valence-electron chi connectivity index (χ0n) is 16.8. The van der Waals surface area contributed by atoms with Crippen LogP contribution in [0.2, 0.25) is 0 Å². The van der Waals surface area contributed by atoms with Crippen LogP contribution in [0, 0.1) is 5.92 Å².